The number of rotatable bonds is 4. The first-order valence-corrected chi connectivity index (χ1v) is 6.15. The third-order valence-electron chi connectivity index (χ3n) is 3.41. The van der Waals surface area contributed by atoms with E-state index in [9.17, 15) is 9.59 Å². The minimum absolute atomic E-state index is 0.0139. The van der Waals surface area contributed by atoms with Gasteiger partial charge in [-0.25, -0.2) is 4.79 Å². The predicted octanol–water partition coefficient (Wildman–Crippen LogP) is 1.89. The molecule has 0 aliphatic carbocycles. The summed E-state index contributed by atoms with van der Waals surface area (Å²) in [4.78, 5) is 24.8. The number of carbonyl (C=O) groups excluding carboxylic acids is 1. The lowest BCUT2D eigenvalue weighted by molar-refractivity contribution is -0.154. The molecule has 16 heavy (non-hydrogen) atoms. The van der Waals surface area contributed by atoms with Crippen LogP contribution >= 0.6 is 0 Å². The Bertz CT molecular complexity index is 261. The third-order valence-corrected chi connectivity index (χ3v) is 3.41. The van der Waals surface area contributed by atoms with Crippen LogP contribution in [0.3, 0.4) is 0 Å². The molecule has 1 aliphatic heterocycles. The number of amides is 1. The second kappa shape index (κ2) is 5.87. The molecule has 1 N–H and O–H groups in total. The lowest BCUT2D eigenvalue weighted by atomic mass is 9.96. The van der Waals surface area contributed by atoms with Gasteiger partial charge in [-0.05, 0) is 32.1 Å². The number of aliphatic carboxylic acids is 1. The van der Waals surface area contributed by atoms with Gasteiger partial charge in [-0.2, -0.15) is 0 Å². The van der Waals surface area contributed by atoms with E-state index < -0.39 is 12.0 Å². The summed E-state index contributed by atoms with van der Waals surface area (Å²) in [6, 6.07) is -0.596. The predicted molar refractivity (Wildman–Crippen MR) is 61.1 cm³/mol. The van der Waals surface area contributed by atoms with Crippen LogP contribution in [0.5, 0.6) is 0 Å². The fourth-order valence-corrected chi connectivity index (χ4v) is 2.32. The van der Waals surface area contributed by atoms with E-state index in [1.54, 1.807) is 4.90 Å². The SMILES string of the molecule is CCC(CC)C(=O)N1CCCCC1C(=O)O. The summed E-state index contributed by atoms with van der Waals surface area (Å²) >= 11 is 0. The number of carboxylic acid groups (broad SMARTS) is 1. The fraction of sp³-hybridized carbons (Fsp3) is 0.833. The van der Waals surface area contributed by atoms with Crippen LogP contribution in [0, 0.1) is 5.92 Å². The van der Waals surface area contributed by atoms with Gasteiger partial charge >= 0.3 is 5.97 Å². The van der Waals surface area contributed by atoms with E-state index >= 15 is 0 Å². The number of carbonyl (C=O) groups is 2. The van der Waals surface area contributed by atoms with E-state index in [-0.39, 0.29) is 11.8 Å². The van der Waals surface area contributed by atoms with Crippen LogP contribution in [0.1, 0.15) is 46.0 Å². The van der Waals surface area contributed by atoms with Crippen molar-refractivity contribution in [3.8, 4) is 0 Å². The smallest absolute Gasteiger partial charge is 0.326 e. The van der Waals surface area contributed by atoms with E-state index in [4.69, 9.17) is 5.11 Å². The van der Waals surface area contributed by atoms with Crippen LogP contribution in [-0.2, 0) is 9.59 Å². The minimum Gasteiger partial charge on any atom is -0.480 e. The Labute approximate surface area is 96.6 Å². The molecule has 1 amide bonds. The Morgan fingerprint density at radius 1 is 1.31 bits per heavy atom. The highest BCUT2D eigenvalue weighted by molar-refractivity contribution is 5.85. The van der Waals surface area contributed by atoms with Gasteiger partial charge in [0.05, 0.1) is 0 Å². The second-order valence-electron chi connectivity index (χ2n) is 4.39. The van der Waals surface area contributed by atoms with Crippen molar-refractivity contribution in [3.05, 3.63) is 0 Å². The molecule has 1 unspecified atom stereocenters. The van der Waals surface area contributed by atoms with Crippen LogP contribution in [0.15, 0.2) is 0 Å². The first kappa shape index (κ1) is 13.0. The van der Waals surface area contributed by atoms with Crippen molar-refractivity contribution in [1.29, 1.82) is 0 Å². The molecule has 0 bridgehead atoms. The molecule has 92 valence electrons. The highest BCUT2D eigenvalue weighted by Crippen LogP contribution is 2.21. The standard InChI is InChI=1S/C12H21NO3/c1-3-9(4-2)11(14)13-8-6-5-7-10(13)12(15)16/h9-10H,3-8H2,1-2H3,(H,15,16). The maximum Gasteiger partial charge on any atom is 0.326 e. The van der Waals surface area contributed by atoms with Crippen LogP contribution in [0.4, 0.5) is 0 Å². The molecular formula is C12H21NO3. The summed E-state index contributed by atoms with van der Waals surface area (Å²) < 4.78 is 0. The van der Waals surface area contributed by atoms with Crippen LogP contribution < -0.4 is 0 Å². The van der Waals surface area contributed by atoms with Gasteiger partial charge in [0.15, 0.2) is 0 Å². The molecule has 0 aromatic rings. The number of likely N-dealkylation sites (tertiary alicyclic amines) is 1. The summed E-state index contributed by atoms with van der Waals surface area (Å²) in [5.74, 6) is -0.851. The molecule has 1 aliphatic rings. The van der Waals surface area contributed by atoms with Crippen molar-refractivity contribution in [2.24, 2.45) is 5.92 Å². The fourth-order valence-electron chi connectivity index (χ4n) is 2.32. The van der Waals surface area contributed by atoms with Gasteiger partial charge < -0.3 is 10.0 Å². The summed E-state index contributed by atoms with van der Waals surface area (Å²) in [6.45, 7) is 4.56. The first-order chi connectivity index (χ1) is 7.61. The Kier molecular flexibility index (Phi) is 4.77. The van der Waals surface area contributed by atoms with Crippen molar-refractivity contribution in [2.75, 3.05) is 6.54 Å². The Hall–Kier alpha value is -1.06. The number of carboxylic acids is 1. The molecule has 1 rings (SSSR count). The zero-order chi connectivity index (χ0) is 12.1. The molecule has 0 aromatic carbocycles. The number of piperidine rings is 1. The van der Waals surface area contributed by atoms with Gasteiger partial charge in [0.1, 0.15) is 6.04 Å². The van der Waals surface area contributed by atoms with Gasteiger partial charge in [0.2, 0.25) is 5.91 Å². The summed E-state index contributed by atoms with van der Waals surface area (Å²) in [6.07, 6.45) is 4.01. The van der Waals surface area contributed by atoms with E-state index in [0.29, 0.717) is 13.0 Å². The van der Waals surface area contributed by atoms with Crippen molar-refractivity contribution >= 4 is 11.9 Å². The number of hydrogen-bond donors (Lipinski definition) is 1. The number of nitrogens with zero attached hydrogens (tertiary/aromatic N) is 1. The second-order valence-corrected chi connectivity index (χ2v) is 4.39. The molecule has 4 nitrogen and oxygen atoms in total. The van der Waals surface area contributed by atoms with Crippen molar-refractivity contribution < 1.29 is 14.7 Å². The van der Waals surface area contributed by atoms with Crippen LogP contribution in [-0.4, -0.2) is 34.5 Å². The minimum atomic E-state index is -0.862. The Balaban J connectivity index is 2.74. The molecule has 0 radical (unpaired) electrons. The maximum atomic E-state index is 12.1. The van der Waals surface area contributed by atoms with Crippen molar-refractivity contribution in [2.45, 2.75) is 52.0 Å². The van der Waals surface area contributed by atoms with Gasteiger partial charge in [-0.3, -0.25) is 4.79 Å². The highest BCUT2D eigenvalue weighted by Gasteiger charge is 2.34. The highest BCUT2D eigenvalue weighted by atomic mass is 16.4. The molecule has 0 saturated carbocycles. The largest absolute Gasteiger partial charge is 0.480 e. The Morgan fingerprint density at radius 3 is 2.44 bits per heavy atom. The molecular weight excluding hydrogens is 206 g/mol. The zero-order valence-electron chi connectivity index (χ0n) is 10.1. The zero-order valence-corrected chi connectivity index (χ0v) is 10.1. The Morgan fingerprint density at radius 2 is 1.94 bits per heavy atom. The molecule has 4 heteroatoms. The van der Waals surface area contributed by atoms with E-state index in [2.05, 4.69) is 0 Å². The molecule has 1 atom stereocenters. The first-order valence-electron chi connectivity index (χ1n) is 6.15. The van der Waals surface area contributed by atoms with Crippen molar-refractivity contribution in [3.63, 3.8) is 0 Å². The lowest BCUT2D eigenvalue weighted by Crippen LogP contribution is -2.50. The van der Waals surface area contributed by atoms with E-state index in [1.807, 2.05) is 13.8 Å². The maximum absolute atomic E-state index is 12.1. The van der Waals surface area contributed by atoms with Crippen molar-refractivity contribution in [1.82, 2.24) is 4.90 Å². The van der Waals surface area contributed by atoms with Gasteiger partial charge in [0, 0.05) is 12.5 Å². The number of hydrogen-bond acceptors (Lipinski definition) is 2. The summed E-state index contributed by atoms with van der Waals surface area (Å²) in [5, 5.41) is 9.09. The van der Waals surface area contributed by atoms with E-state index in [0.717, 1.165) is 25.7 Å². The monoisotopic (exact) mass is 227 g/mol. The molecule has 1 fully saturated rings. The van der Waals surface area contributed by atoms with E-state index in [1.165, 1.54) is 0 Å². The topological polar surface area (TPSA) is 57.6 Å². The van der Waals surface area contributed by atoms with Gasteiger partial charge in [-0.1, -0.05) is 13.8 Å². The third kappa shape index (κ3) is 2.74. The quantitative estimate of drug-likeness (QED) is 0.797. The average Bonchev–Trinajstić information content (AvgIpc) is 2.30. The molecule has 0 aromatic heterocycles. The van der Waals surface area contributed by atoms with Gasteiger partial charge in [-0.15, -0.1) is 0 Å². The van der Waals surface area contributed by atoms with Gasteiger partial charge in [0.25, 0.3) is 0 Å². The summed E-state index contributed by atoms with van der Waals surface area (Å²) in [7, 11) is 0. The van der Waals surface area contributed by atoms with Crippen LogP contribution in [0.2, 0.25) is 0 Å². The average molecular weight is 227 g/mol. The molecule has 0 spiro atoms. The molecule has 1 heterocycles. The molecule has 1 saturated heterocycles. The normalized spacial score (nSPS) is 21.2. The van der Waals surface area contributed by atoms with Crippen LogP contribution in [0.25, 0.3) is 0 Å². The lowest BCUT2D eigenvalue weighted by Gasteiger charge is -2.35. The summed E-state index contributed by atoms with van der Waals surface area (Å²) in [5.41, 5.74) is 0.